The molecule has 0 bridgehead atoms. The second kappa shape index (κ2) is 11.3. The minimum absolute atomic E-state index is 0.166. The van der Waals surface area contributed by atoms with Crippen LogP contribution in [-0.4, -0.2) is 23.4 Å². The molecule has 35 heavy (non-hydrogen) atoms. The third-order valence-electron chi connectivity index (χ3n) is 5.46. The maximum atomic E-state index is 13.1. The SMILES string of the molecule is Cc1ccc(C(C)C)c(OCCOc2ccc(Cl)cc2/C=C2\SC(=S)N(c3ccccc3)C2=O)c1. The van der Waals surface area contributed by atoms with Gasteiger partial charge in [-0.15, -0.1) is 0 Å². The largest absolute Gasteiger partial charge is 0.490 e. The van der Waals surface area contributed by atoms with E-state index in [4.69, 9.17) is 33.3 Å². The number of amides is 1. The fraction of sp³-hybridized carbons (Fsp3) is 0.214. The van der Waals surface area contributed by atoms with Crippen LogP contribution < -0.4 is 14.4 Å². The van der Waals surface area contributed by atoms with Gasteiger partial charge in [-0.2, -0.15) is 0 Å². The highest BCUT2D eigenvalue weighted by atomic mass is 35.5. The molecule has 1 aliphatic heterocycles. The van der Waals surface area contributed by atoms with Gasteiger partial charge in [0.2, 0.25) is 0 Å². The summed E-state index contributed by atoms with van der Waals surface area (Å²) in [6.07, 6.45) is 1.78. The Morgan fingerprint density at radius 2 is 1.71 bits per heavy atom. The van der Waals surface area contributed by atoms with Crippen molar-refractivity contribution < 1.29 is 14.3 Å². The molecule has 0 unspecified atom stereocenters. The van der Waals surface area contributed by atoms with Crippen molar-refractivity contribution >= 4 is 57.6 Å². The summed E-state index contributed by atoms with van der Waals surface area (Å²) in [5.74, 6) is 1.70. The first-order chi connectivity index (χ1) is 16.8. The third-order valence-corrected chi connectivity index (χ3v) is 6.99. The number of benzene rings is 3. The lowest BCUT2D eigenvalue weighted by atomic mass is 10.0. The Morgan fingerprint density at radius 1 is 1.00 bits per heavy atom. The monoisotopic (exact) mass is 523 g/mol. The molecule has 3 aromatic carbocycles. The summed E-state index contributed by atoms with van der Waals surface area (Å²) < 4.78 is 12.6. The van der Waals surface area contributed by atoms with E-state index < -0.39 is 0 Å². The van der Waals surface area contributed by atoms with Crippen molar-refractivity contribution in [2.24, 2.45) is 0 Å². The molecular formula is C28H26ClNO3S2. The highest BCUT2D eigenvalue weighted by Crippen LogP contribution is 2.37. The number of ether oxygens (including phenoxy) is 2. The fourth-order valence-corrected chi connectivity index (χ4v) is 5.19. The van der Waals surface area contributed by atoms with E-state index in [1.54, 1.807) is 29.2 Å². The number of thioether (sulfide) groups is 1. The normalized spacial score (nSPS) is 14.8. The van der Waals surface area contributed by atoms with Gasteiger partial charge in [-0.25, -0.2) is 0 Å². The van der Waals surface area contributed by atoms with Gasteiger partial charge in [0.15, 0.2) is 4.32 Å². The minimum atomic E-state index is -0.166. The van der Waals surface area contributed by atoms with E-state index in [-0.39, 0.29) is 5.91 Å². The van der Waals surface area contributed by atoms with Crippen molar-refractivity contribution in [3.8, 4) is 11.5 Å². The summed E-state index contributed by atoms with van der Waals surface area (Å²) in [4.78, 5) is 15.2. The zero-order valence-electron chi connectivity index (χ0n) is 19.8. The average Bonchev–Trinajstić information content (AvgIpc) is 3.10. The number of para-hydroxylation sites is 1. The van der Waals surface area contributed by atoms with E-state index in [1.807, 2.05) is 37.3 Å². The number of carbonyl (C=O) groups excluding carboxylic acids is 1. The van der Waals surface area contributed by atoms with Gasteiger partial charge in [0.1, 0.15) is 24.7 Å². The van der Waals surface area contributed by atoms with Gasteiger partial charge in [0, 0.05) is 10.6 Å². The quantitative estimate of drug-likeness (QED) is 0.172. The number of hydrogen-bond acceptors (Lipinski definition) is 5. The molecule has 0 saturated carbocycles. The van der Waals surface area contributed by atoms with Gasteiger partial charge in [-0.05, 0) is 66.4 Å². The molecule has 0 N–H and O–H groups in total. The summed E-state index contributed by atoms with van der Waals surface area (Å²) in [5, 5.41) is 0.555. The van der Waals surface area contributed by atoms with E-state index in [9.17, 15) is 4.79 Å². The molecule has 0 atom stereocenters. The van der Waals surface area contributed by atoms with Crippen molar-refractivity contribution in [3.63, 3.8) is 0 Å². The molecule has 3 aromatic rings. The van der Waals surface area contributed by atoms with Crippen LogP contribution in [0.2, 0.25) is 5.02 Å². The molecular weight excluding hydrogens is 498 g/mol. The first-order valence-corrected chi connectivity index (χ1v) is 12.9. The zero-order valence-corrected chi connectivity index (χ0v) is 22.2. The summed E-state index contributed by atoms with van der Waals surface area (Å²) in [5.41, 5.74) is 3.78. The molecule has 4 rings (SSSR count). The van der Waals surface area contributed by atoms with Crippen LogP contribution in [0.3, 0.4) is 0 Å². The van der Waals surface area contributed by atoms with Gasteiger partial charge in [0.25, 0.3) is 5.91 Å². The molecule has 0 spiro atoms. The third kappa shape index (κ3) is 6.07. The van der Waals surface area contributed by atoms with Gasteiger partial charge in [0.05, 0.1) is 10.6 Å². The average molecular weight is 524 g/mol. The lowest BCUT2D eigenvalue weighted by Crippen LogP contribution is -2.27. The number of nitrogens with zero attached hydrogens (tertiary/aromatic N) is 1. The van der Waals surface area contributed by atoms with Crippen LogP contribution in [-0.2, 0) is 4.79 Å². The molecule has 1 fully saturated rings. The Labute approximate surface area is 220 Å². The van der Waals surface area contributed by atoms with E-state index >= 15 is 0 Å². The van der Waals surface area contributed by atoms with Crippen LogP contribution >= 0.6 is 35.6 Å². The minimum Gasteiger partial charge on any atom is -0.490 e. The maximum absolute atomic E-state index is 13.1. The van der Waals surface area contributed by atoms with E-state index in [1.165, 1.54) is 17.3 Å². The van der Waals surface area contributed by atoms with Gasteiger partial charge in [-0.1, -0.05) is 79.8 Å². The molecule has 0 aromatic heterocycles. The number of aryl methyl sites for hydroxylation is 1. The Kier molecular flexibility index (Phi) is 8.16. The van der Waals surface area contributed by atoms with Crippen LogP contribution in [0.25, 0.3) is 6.08 Å². The Bertz CT molecular complexity index is 1270. The standard InChI is InChI=1S/C28H26ClNO3S2/c1-18(2)23-11-9-19(3)15-25(23)33-14-13-32-24-12-10-21(29)16-20(24)17-26-27(31)30(28(34)35-26)22-7-5-4-6-8-22/h4-12,15-18H,13-14H2,1-3H3/b26-17-. The number of carbonyl (C=O) groups is 1. The van der Waals surface area contributed by atoms with Gasteiger partial charge < -0.3 is 9.47 Å². The Morgan fingerprint density at radius 3 is 2.43 bits per heavy atom. The number of thiocarbonyl (C=S) groups is 1. The van der Waals surface area contributed by atoms with Gasteiger partial charge >= 0.3 is 0 Å². The summed E-state index contributed by atoms with van der Waals surface area (Å²) in [6.45, 7) is 7.08. The van der Waals surface area contributed by atoms with Crippen molar-refractivity contribution in [2.45, 2.75) is 26.7 Å². The molecule has 180 valence electrons. The van der Waals surface area contributed by atoms with Crippen LogP contribution in [0.1, 0.15) is 36.5 Å². The molecule has 1 heterocycles. The first kappa shape index (κ1) is 25.3. The topological polar surface area (TPSA) is 38.8 Å². The Balaban J connectivity index is 1.48. The van der Waals surface area contributed by atoms with Crippen LogP contribution in [0, 0.1) is 6.92 Å². The number of hydrogen-bond donors (Lipinski definition) is 0. The van der Waals surface area contributed by atoms with Crippen LogP contribution in [0.5, 0.6) is 11.5 Å². The second-order valence-electron chi connectivity index (χ2n) is 8.43. The van der Waals surface area contributed by atoms with Crippen molar-refractivity contribution in [3.05, 3.63) is 93.3 Å². The van der Waals surface area contributed by atoms with Crippen molar-refractivity contribution in [1.82, 2.24) is 0 Å². The molecule has 1 aliphatic rings. The highest BCUT2D eigenvalue weighted by molar-refractivity contribution is 8.27. The molecule has 0 radical (unpaired) electrons. The zero-order chi connectivity index (χ0) is 24.9. The second-order valence-corrected chi connectivity index (χ2v) is 10.5. The summed E-state index contributed by atoms with van der Waals surface area (Å²) >= 11 is 13.0. The Hall–Kier alpha value is -2.80. The molecule has 0 aliphatic carbocycles. The van der Waals surface area contributed by atoms with Crippen molar-refractivity contribution in [1.29, 1.82) is 0 Å². The summed E-state index contributed by atoms with van der Waals surface area (Å²) in [6, 6.07) is 21.0. The number of halogens is 1. The van der Waals surface area contributed by atoms with E-state index in [0.717, 1.165) is 17.0 Å². The predicted octanol–water partition coefficient (Wildman–Crippen LogP) is 7.64. The molecule has 7 heteroatoms. The molecule has 1 amide bonds. The highest BCUT2D eigenvalue weighted by Gasteiger charge is 2.33. The summed E-state index contributed by atoms with van der Waals surface area (Å²) in [7, 11) is 0. The predicted molar refractivity (Wildman–Crippen MR) is 150 cm³/mol. The van der Waals surface area contributed by atoms with Gasteiger partial charge in [-0.3, -0.25) is 9.69 Å². The van der Waals surface area contributed by atoms with E-state index in [2.05, 4.69) is 32.0 Å². The first-order valence-electron chi connectivity index (χ1n) is 11.3. The number of rotatable bonds is 8. The molecule has 1 saturated heterocycles. The van der Waals surface area contributed by atoms with E-state index in [0.29, 0.717) is 44.7 Å². The maximum Gasteiger partial charge on any atom is 0.270 e. The van der Waals surface area contributed by atoms with Crippen LogP contribution in [0.4, 0.5) is 5.69 Å². The lowest BCUT2D eigenvalue weighted by molar-refractivity contribution is -0.113. The lowest BCUT2D eigenvalue weighted by Gasteiger charge is -2.16. The fourth-order valence-electron chi connectivity index (χ4n) is 3.72. The smallest absolute Gasteiger partial charge is 0.270 e. The molecule has 4 nitrogen and oxygen atoms in total. The van der Waals surface area contributed by atoms with Crippen molar-refractivity contribution in [2.75, 3.05) is 18.1 Å². The number of anilines is 1. The van der Waals surface area contributed by atoms with Crippen LogP contribution in [0.15, 0.2) is 71.6 Å².